The molecule has 0 saturated carbocycles. The number of methoxy groups -OCH3 is 1. The van der Waals surface area contributed by atoms with Gasteiger partial charge in [0.25, 0.3) is 5.91 Å². The molecule has 0 unspecified atom stereocenters. The summed E-state index contributed by atoms with van der Waals surface area (Å²) in [6.45, 7) is 7.26. The van der Waals surface area contributed by atoms with Gasteiger partial charge in [0.15, 0.2) is 0 Å². The van der Waals surface area contributed by atoms with Crippen LogP contribution in [-0.4, -0.2) is 67.1 Å². The normalized spacial score (nSPS) is 15.6. The van der Waals surface area contributed by atoms with E-state index in [0.717, 1.165) is 0 Å². The maximum Gasteiger partial charge on any atom is 0.339 e. The monoisotopic (exact) mass is 351 g/mol. The van der Waals surface area contributed by atoms with Gasteiger partial charge in [-0.3, -0.25) is 9.59 Å². The number of carbonyl (C=O) groups is 3. The number of rotatable bonds is 5. The van der Waals surface area contributed by atoms with Crippen LogP contribution in [0.4, 0.5) is 0 Å². The zero-order valence-corrected chi connectivity index (χ0v) is 15.1. The highest BCUT2D eigenvalue weighted by Crippen LogP contribution is 2.20. The van der Waals surface area contributed by atoms with Crippen LogP contribution < -0.4 is 5.32 Å². The van der Waals surface area contributed by atoms with Gasteiger partial charge in [0.1, 0.15) is 11.7 Å². The number of amides is 2. The van der Waals surface area contributed by atoms with Crippen molar-refractivity contribution >= 4 is 17.8 Å². The zero-order chi connectivity index (χ0) is 18.6. The van der Waals surface area contributed by atoms with Crippen LogP contribution in [0.1, 0.15) is 46.0 Å². The first-order chi connectivity index (χ1) is 11.9. The van der Waals surface area contributed by atoms with Crippen molar-refractivity contribution in [3.05, 3.63) is 22.5 Å². The third-order valence-electron chi connectivity index (χ3n) is 4.34. The molecule has 2 amide bonds. The number of esters is 1. The Balaban J connectivity index is 2.13. The van der Waals surface area contributed by atoms with Gasteiger partial charge in [-0.1, -0.05) is 6.92 Å². The minimum Gasteiger partial charge on any atom is -0.465 e. The lowest BCUT2D eigenvalue weighted by Gasteiger charge is -2.29. The molecular weight excluding hydrogens is 326 g/mol. The minimum absolute atomic E-state index is 0.148. The second kappa shape index (κ2) is 8.15. The van der Waals surface area contributed by atoms with Gasteiger partial charge >= 0.3 is 5.97 Å². The molecule has 25 heavy (non-hydrogen) atoms. The van der Waals surface area contributed by atoms with Crippen molar-refractivity contribution in [1.82, 2.24) is 15.2 Å². The second-order valence-electron chi connectivity index (χ2n) is 5.96. The number of aryl methyl sites for hydroxylation is 1. The van der Waals surface area contributed by atoms with Crippen LogP contribution in [-0.2, 0) is 20.7 Å². The highest BCUT2D eigenvalue weighted by molar-refractivity contribution is 6.02. The van der Waals surface area contributed by atoms with Crippen LogP contribution >= 0.6 is 0 Å². The summed E-state index contributed by atoms with van der Waals surface area (Å²) in [5.74, 6) is -1.05. The molecule has 138 valence electrons. The lowest BCUT2D eigenvalue weighted by Crippen LogP contribution is -2.50. The molecule has 0 radical (unpaired) electrons. The number of aromatic amines is 1. The molecule has 1 aromatic heterocycles. The van der Waals surface area contributed by atoms with Gasteiger partial charge in [0, 0.05) is 18.8 Å². The van der Waals surface area contributed by atoms with Crippen molar-refractivity contribution in [2.24, 2.45) is 0 Å². The van der Waals surface area contributed by atoms with Crippen molar-refractivity contribution in [3.8, 4) is 0 Å². The van der Waals surface area contributed by atoms with E-state index >= 15 is 0 Å². The molecule has 0 spiro atoms. The molecule has 1 atom stereocenters. The molecule has 0 bridgehead atoms. The first kappa shape index (κ1) is 19.0. The fourth-order valence-electron chi connectivity index (χ4n) is 2.92. The average molecular weight is 351 g/mol. The zero-order valence-electron chi connectivity index (χ0n) is 15.1. The Hall–Kier alpha value is -2.35. The maximum absolute atomic E-state index is 12.6. The summed E-state index contributed by atoms with van der Waals surface area (Å²) >= 11 is 0. The van der Waals surface area contributed by atoms with Crippen molar-refractivity contribution in [3.63, 3.8) is 0 Å². The van der Waals surface area contributed by atoms with Gasteiger partial charge in [-0.2, -0.15) is 0 Å². The molecule has 0 aliphatic carbocycles. The molecule has 1 fully saturated rings. The van der Waals surface area contributed by atoms with E-state index < -0.39 is 17.9 Å². The minimum atomic E-state index is -0.667. The fourth-order valence-corrected chi connectivity index (χ4v) is 2.92. The van der Waals surface area contributed by atoms with Crippen LogP contribution in [0.5, 0.6) is 0 Å². The van der Waals surface area contributed by atoms with Gasteiger partial charge < -0.3 is 24.7 Å². The number of hydrogen-bond donors (Lipinski definition) is 2. The summed E-state index contributed by atoms with van der Waals surface area (Å²) in [6.07, 6.45) is 0.556. The summed E-state index contributed by atoms with van der Waals surface area (Å²) in [4.78, 5) is 41.6. The van der Waals surface area contributed by atoms with Gasteiger partial charge in [-0.25, -0.2) is 4.79 Å². The van der Waals surface area contributed by atoms with Crippen LogP contribution in [0.3, 0.4) is 0 Å². The Bertz CT molecular complexity index is 661. The van der Waals surface area contributed by atoms with Crippen LogP contribution in [0, 0.1) is 6.92 Å². The quantitative estimate of drug-likeness (QED) is 0.759. The number of hydrogen-bond acceptors (Lipinski definition) is 5. The largest absolute Gasteiger partial charge is 0.465 e. The molecule has 0 aromatic carbocycles. The first-order valence-electron chi connectivity index (χ1n) is 8.37. The maximum atomic E-state index is 12.6. The average Bonchev–Trinajstić information content (AvgIpc) is 2.97. The molecule has 2 heterocycles. The smallest absolute Gasteiger partial charge is 0.339 e. The summed E-state index contributed by atoms with van der Waals surface area (Å²) in [7, 11) is 1.30. The van der Waals surface area contributed by atoms with Gasteiger partial charge in [0.2, 0.25) is 5.91 Å². The predicted octanol–water partition coefficient (Wildman–Crippen LogP) is 0.649. The highest BCUT2D eigenvalue weighted by atomic mass is 16.5. The summed E-state index contributed by atoms with van der Waals surface area (Å²) in [5, 5.41) is 2.70. The molecular formula is C17H25N3O5. The Morgan fingerprint density at radius 1 is 1.32 bits per heavy atom. The predicted molar refractivity (Wildman–Crippen MR) is 90.6 cm³/mol. The third kappa shape index (κ3) is 4.01. The summed E-state index contributed by atoms with van der Waals surface area (Å²) in [5.41, 5.74) is 1.81. The number of carbonyl (C=O) groups excluding carboxylic acids is 3. The molecule has 1 saturated heterocycles. The Morgan fingerprint density at radius 3 is 2.52 bits per heavy atom. The van der Waals surface area contributed by atoms with Crippen molar-refractivity contribution in [1.29, 1.82) is 0 Å². The van der Waals surface area contributed by atoms with Gasteiger partial charge in [0.05, 0.1) is 25.9 Å². The van der Waals surface area contributed by atoms with Gasteiger partial charge in [-0.05, 0) is 25.8 Å². The number of ether oxygens (including phenoxy) is 2. The van der Waals surface area contributed by atoms with E-state index in [1.807, 2.05) is 6.92 Å². The molecule has 1 aromatic rings. The Morgan fingerprint density at radius 2 is 1.96 bits per heavy atom. The van der Waals surface area contributed by atoms with Crippen molar-refractivity contribution in [2.45, 2.75) is 33.2 Å². The number of morpholine rings is 1. The number of nitrogens with one attached hydrogen (secondary N) is 2. The van der Waals surface area contributed by atoms with Crippen LogP contribution in [0.2, 0.25) is 0 Å². The third-order valence-corrected chi connectivity index (χ3v) is 4.34. The topological polar surface area (TPSA) is 101 Å². The van der Waals surface area contributed by atoms with Crippen LogP contribution in [0.15, 0.2) is 0 Å². The lowest BCUT2D eigenvalue weighted by atomic mass is 10.1. The number of nitrogens with zero attached hydrogens (tertiary/aromatic N) is 1. The lowest BCUT2D eigenvalue weighted by molar-refractivity contribution is -0.136. The summed E-state index contributed by atoms with van der Waals surface area (Å²) < 4.78 is 10.0. The van der Waals surface area contributed by atoms with E-state index in [2.05, 4.69) is 10.3 Å². The molecule has 8 heteroatoms. The van der Waals surface area contributed by atoms with Crippen LogP contribution in [0.25, 0.3) is 0 Å². The number of H-pyrrole nitrogens is 1. The van der Waals surface area contributed by atoms with E-state index in [1.165, 1.54) is 7.11 Å². The van der Waals surface area contributed by atoms with E-state index in [-0.39, 0.29) is 11.6 Å². The van der Waals surface area contributed by atoms with E-state index in [1.54, 1.807) is 18.7 Å². The van der Waals surface area contributed by atoms with E-state index in [0.29, 0.717) is 49.5 Å². The second-order valence-corrected chi connectivity index (χ2v) is 5.96. The fraction of sp³-hybridized carbons (Fsp3) is 0.588. The Kier molecular flexibility index (Phi) is 6.19. The highest BCUT2D eigenvalue weighted by Gasteiger charge is 2.27. The van der Waals surface area contributed by atoms with E-state index in [9.17, 15) is 14.4 Å². The molecule has 2 N–H and O–H groups in total. The molecule has 8 nitrogen and oxygen atoms in total. The van der Waals surface area contributed by atoms with Crippen molar-refractivity contribution < 1.29 is 23.9 Å². The summed E-state index contributed by atoms with van der Waals surface area (Å²) in [6, 6.07) is -0.667. The molecule has 1 aliphatic rings. The standard InChI is InChI=1S/C17H25N3O5/c1-5-12-13(17(23)24-4)10(2)14(19-12)15(21)18-11(3)16(22)20-6-8-25-9-7-20/h11,19H,5-9H2,1-4H3,(H,18,21)/t11-/m0/s1. The SMILES string of the molecule is CCc1[nH]c(C(=O)N[C@@H](C)C(=O)N2CCOCC2)c(C)c1C(=O)OC. The molecule has 1 aliphatic heterocycles. The number of aromatic nitrogens is 1. The Labute approximate surface area is 146 Å². The van der Waals surface area contributed by atoms with Crippen molar-refractivity contribution in [2.75, 3.05) is 33.4 Å². The molecule has 2 rings (SSSR count). The van der Waals surface area contributed by atoms with Gasteiger partial charge in [-0.15, -0.1) is 0 Å². The van der Waals surface area contributed by atoms with E-state index in [4.69, 9.17) is 9.47 Å². The first-order valence-corrected chi connectivity index (χ1v) is 8.37.